The number of allylic oxidation sites excluding steroid dienone is 8. The molecule has 0 unspecified atom stereocenters. The SMILES string of the molecule is CC(=N)/C=C(\[NH-])c1cccc(-c2ccccc2-c2cccc(/C([NH-])=C/C(=N)C(F)(F)F)n2)n1.CC(C)(C)C(=N)/C=C(\[NH-])c1cccc(-c2ccccc2-c2cccc(/C([NH-])=C/C(=N)C(C)(C)C)n2)n1.CCC(=N)/C(C)=C(\[NH-])c1cccc(-c2ccccc2-c2cccc(/C([NH-])=C(\C)C(=N)CC)n2)n1.N=C1CCCC/C1=C(/[NH-])c1cccc(-c2ccccc2-c2cccc(/C([NH-])=C3\CCCCC3=N)n2)n1.[Pt+2].[Pt+2].[Pt+2].[Pt+2]. The summed E-state index contributed by atoms with van der Waals surface area (Å²) in [6, 6.07) is 74.2. The van der Waals surface area contributed by atoms with Gasteiger partial charge in [0.1, 0.15) is 5.71 Å². The molecule has 2 aliphatic rings. The van der Waals surface area contributed by atoms with Gasteiger partial charge in [-0.2, -0.15) is 13.2 Å². The molecule has 4 aromatic carbocycles. The maximum Gasteiger partial charge on any atom is 2.00 e. The molecule has 16 N–H and O–H groups in total. The van der Waals surface area contributed by atoms with E-state index in [1.54, 1.807) is 106 Å². The van der Waals surface area contributed by atoms with E-state index in [0.29, 0.717) is 161 Å². The van der Waals surface area contributed by atoms with Crippen LogP contribution in [0, 0.1) is 54.1 Å². The molecule has 0 spiro atoms. The number of nitrogens with zero attached hydrogens (tertiary/aromatic N) is 8. The quantitative estimate of drug-likeness (QED) is 0.0268. The van der Waals surface area contributed by atoms with Gasteiger partial charge in [0.25, 0.3) is 0 Å². The molecular formula is C112H113F3N24Pt4. The van der Waals surface area contributed by atoms with E-state index in [0.717, 1.165) is 107 Å². The minimum absolute atomic E-state index is 0. The summed E-state index contributed by atoms with van der Waals surface area (Å²) in [5.74, 6) is 0. The first-order chi connectivity index (χ1) is 66.1. The topological polar surface area (TPSA) is 484 Å². The van der Waals surface area contributed by atoms with Crippen molar-refractivity contribution in [2.24, 2.45) is 10.8 Å². The summed E-state index contributed by atoms with van der Waals surface area (Å²) in [6.45, 7) is 20.7. The fourth-order valence-corrected chi connectivity index (χ4v) is 14.9. The molecule has 0 amide bonds. The summed E-state index contributed by atoms with van der Waals surface area (Å²) in [6.07, 6.45) is 8.28. The van der Waals surface area contributed by atoms with Gasteiger partial charge < -0.3 is 83.7 Å². The van der Waals surface area contributed by atoms with Crippen LogP contribution >= 0.6 is 0 Å². The standard InChI is InChI=1S/C30H30N6.C30H34N6.C28H30N6.C24H19F3N6.4Pt/c31-23-13-5-3-11-21(23)29(33)27-17-7-15-25(35-27)19-9-1-2-10-20(19)26-16-8-18-28(36-26)30(34)22-12-4-6-14-24(22)32;1-29(2,3)27(33)17-21(31)25-15-9-13-23(35-25)19-11-7-8-12-20(19)24-14-10-16-26(36-24)22(32)18-28(34)30(4,5)6;1-5-21(29)17(3)27(31)25-15-9-13-23(33-25)19-11-7-8-12-20(19)24-14-10-16-26(34-24)28(32)18(4)22(30)6-2;1-14(28)12-17(29)21-10-4-8-19(32-21)15-6-2-3-7-16(15)20-9-5-11-22(33-20)18(30)13-23(31)24(25,26)27;;;;/h1-2,7-10,15-18,31-34H,3-6,11-14H2;7-18,31-34H,1-6H3;7-16,29-32H,5-6H2,1-4H3;2-13,28-31H,1H3;;;;/q4*-2;4*+2/b29-21-,30-22-,31-23?,32-24?;21-17-,22-18-,33-27?,34-28?;27-17-,28-18-,29-21?,30-22?;17-12-,18-13-,28-14?,31-23?;;;;. The zero-order valence-electron chi connectivity index (χ0n) is 81.0. The monoisotopic (exact) mass is 2630 g/mol. The van der Waals surface area contributed by atoms with E-state index in [9.17, 15) is 13.2 Å². The zero-order valence-corrected chi connectivity index (χ0v) is 90.0. The molecule has 742 valence electrons. The first-order valence-electron chi connectivity index (χ1n) is 45.5. The molecule has 0 bridgehead atoms. The van der Waals surface area contributed by atoms with Crippen LogP contribution in [0.1, 0.15) is 186 Å². The Labute approximate surface area is 892 Å². The fourth-order valence-electron chi connectivity index (χ4n) is 14.9. The van der Waals surface area contributed by atoms with Crippen molar-refractivity contribution in [1.29, 1.82) is 43.3 Å². The van der Waals surface area contributed by atoms with Gasteiger partial charge in [-0.1, -0.05) is 219 Å². The van der Waals surface area contributed by atoms with Crippen LogP contribution in [0.2, 0.25) is 0 Å². The normalized spacial score (nSPS) is 14.0. The van der Waals surface area contributed by atoms with Crippen LogP contribution in [0.3, 0.4) is 0 Å². The van der Waals surface area contributed by atoms with E-state index in [2.05, 4.69) is 9.97 Å². The van der Waals surface area contributed by atoms with E-state index in [1.165, 1.54) is 12.1 Å². The molecule has 14 rings (SSSR count). The minimum atomic E-state index is -4.84. The summed E-state index contributed by atoms with van der Waals surface area (Å²) in [5.41, 5.74) is 87.7. The third-order valence-electron chi connectivity index (χ3n) is 23.1. The summed E-state index contributed by atoms with van der Waals surface area (Å²) in [7, 11) is 0. The number of hydrogen-bond donors (Lipinski definition) is 8. The van der Waals surface area contributed by atoms with Gasteiger partial charge in [-0.25, -0.2) is 39.9 Å². The third kappa shape index (κ3) is 30.7. The predicted octanol–water partition coefficient (Wildman–Crippen LogP) is 32.7. The van der Waals surface area contributed by atoms with Crippen LogP contribution in [0.4, 0.5) is 13.2 Å². The Bertz CT molecular complexity index is 6700. The molecule has 2 aliphatic carbocycles. The van der Waals surface area contributed by atoms with E-state index in [1.807, 2.05) is 219 Å². The van der Waals surface area contributed by atoms with Gasteiger partial charge in [0.05, 0.1) is 45.6 Å². The maximum atomic E-state index is 12.7. The molecule has 24 nitrogen and oxygen atoms in total. The molecule has 8 aromatic heterocycles. The van der Waals surface area contributed by atoms with Gasteiger partial charge in [0, 0.05) is 141 Å². The number of alkyl halides is 3. The van der Waals surface area contributed by atoms with E-state index >= 15 is 0 Å². The number of pyridine rings is 8. The van der Waals surface area contributed by atoms with Crippen molar-refractivity contribution in [2.75, 3.05) is 0 Å². The Morgan fingerprint density at radius 3 is 0.706 bits per heavy atom. The number of hydrogen-bond acceptors (Lipinski definition) is 16. The summed E-state index contributed by atoms with van der Waals surface area (Å²) >= 11 is 0. The van der Waals surface area contributed by atoms with E-state index in [4.69, 9.17) is 119 Å². The number of aromatic nitrogens is 8. The molecule has 8 heterocycles. The van der Waals surface area contributed by atoms with Crippen LogP contribution in [0.5, 0.6) is 0 Å². The van der Waals surface area contributed by atoms with Gasteiger partial charge >= 0.3 is 90.4 Å². The van der Waals surface area contributed by atoms with Crippen LogP contribution < -0.4 is 0 Å². The molecule has 2 saturated carbocycles. The number of rotatable bonds is 24. The van der Waals surface area contributed by atoms with Crippen LogP contribution in [-0.4, -0.2) is 91.7 Å². The molecule has 143 heavy (non-hydrogen) atoms. The van der Waals surface area contributed by atoms with Crippen molar-refractivity contribution < 1.29 is 97.4 Å². The fraction of sp³-hybridized carbons (Fsp3) is 0.214. The summed E-state index contributed by atoms with van der Waals surface area (Å²) < 4.78 is 38.0. The van der Waals surface area contributed by atoms with Crippen LogP contribution in [0.15, 0.2) is 289 Å². The average Bonchev–Trinajstić information content (AvgIpc) is 0.818. The van der Waals surface area contributed by atoms with Crippen molar-refractivity contribution in [2.45, 2.75) is 147 Å². The molecule has 0 saturated heterocycles. The number of benzene rings is 4. The molecule has 31 heteroatoms. The van der Waals surface area contributed by atoms with Gasteiger partial charge in [0.15, 0.2) is 0 Å². The second-order valence-corrected chi connectivity index (χ2v) is 35.3. The first-order valence-corrected chi connectivity index (χ1v) is 45.5. The summed E-state index contributed by atoms with van der Waals surface area (Å²) in [4.78, 5) is 37.5. The molecule has 0 atom stereocenters. The van der Waals surface area contributed by atoms with Crippen molar-refractivity contribution in [3.05, 3.63) is 381 Å². The van der Waals surface area contributed by atoms with Crippen molar-refractivity contribution in [3.63, 3.8) is 0 Å². The summed E-state index contributed by atoms with van der Waals surface area (Å²) in [5, 5.41) is 63.8. The maximum absolute atomic E-state index is 12.7. The Kier molecular flexibility index (Phi) is 43.0. The van der Waals surface area contributed by atoms with E-state index in [-0.39, 0.29) is 135 Å². The molecule has 0 aliphatic heterocycles. The van der Waals surface area contributed by atoms with Gasteiger partial charge in [0.2, 0.25) is 0 Å². The second kappa shape index (κ2) is 52.9. The van der Waals surface area contributed by atoms with Crippen molar-refractivity contribution in [1.82, 2.24) is 39.9 Å². The largest absolute Gasteiger partial charge is 2.00 e. The predicted molar refractivity (Wildman–Crippen MR) is 567 cm³/mol. The minimum Gasteiger partial charge on any atom is -0.697 e. The molecule has 12 aromatic rings. The molecule has 2 fully saturated rings. The van der Waals surface area contributed by atoms with Gasteiger partial charge in [-0.15, -0.1) is 45.6 Å². The number of nitrogens with one attached hydrogen (secondary N) is 16. The smallest absolute Gasteiger partial charge is 0.697 e. The Morgan fingerprint density at radius 2 is 0.490 bits per heavy atom. The van der Waals surface area contributed by atoms with Gasteiger partial charge in [-0.05, 0) is 210 Å². The second-order valence-electron chi connectivity index (χ2n) is 35.3. The third-order valence-corrected chi connectivity index (χ3v) is 23.1. The van der Waals surface area contributed by atoms with Crippen molar-refractivity contribution in [3.8, 4) is 90.1 Å². The molecular weight excluding hydrogens is 2520 g/mol. The average molecular weight is 2630 g/mol. The number of halogens is 3. The Morgan fingerprint density at radius 1 is 0.287 bits per heavy atom. The van der Waals surface area contributed by atoms with Crippen LogP contribution in [-0.2, 0) is 84.3 Å². The van der Waals surface area contributed by atoms with Gasteiger partial charge in [-0.3, -0.25) is 5.41 Å². The Hall–Kier alpha value is -13.7. The molecule has 0 radical (unpaired) electrons. The first kappa shape index (κ1) is 116. The zero-order chi connectivity index (χ0) is 101. The van der Waals surface area contributed by atoms with Crippen molar-refractivity contribution >= 4 is 91.3 Å². The van der Waals surface area contributed by atoms with E-state index < -0.39 is 17.6 Å². The van der Waals surface area contributed by atoms with Crippen LogP contribution in [0.25, 0.3) is 182 Å². The Balaban J connectivity index is 0.000000257.